The number of benzene rings is 2. The van der Waals surface area contributed by atoms with E-state index in [9.17, 15) is 4.79 Å². The number of nitrogens with zero attached hydrogens (tertiary/aromatic N) is 4. The van der Waals surface area contributed by atoms with Crippen molar-refractivity contribution in [2.24, 2.45) is 0 Å². The minimum atomic E-state index is -0.178. The normalized spacial score (nSPS) is 10.6. The number of aromatic nitrogens is 4. The topological polar surface area (TPSA) is 81.9 Å². The lowest BCUT2D eigenvalue weighted by molar-refractivity contribution is 0.102. The highest BCUT2D eigenvalue weighted by atomic mass is 16.5. The average Bonchev–Trinajstić information content (AvgIpc) is 3.11. The zero-order chi connectivity index (χ0) is 18.5. The van der Waals surface area contributed by atoms with Crippen molar-refractivity contribution in [2.45, 2.75) is 33.9 Å². The van der Waals surface area contributed by atoms with Crippen LogP contribution in [-0.2, 0) is 13.2 Å². The lowest BCUT2D eigenvalue weighted by Gasteiger charge is -2.11. The van der Waals surface area contributed by atoms with E-state index in [4.69, 9.17) is 4.74 Å². The first-order chi connectivity index (χ1) is 12.6. The fraction of sp³-hybridized carbons (Fsp3) is 0.263. The number of carbonyl (C=O) groups excluding carboxylic acids is 1. The summed E-state index contributed by atoms with van der Waals surface area (Å²) in [5.74, 6) is 1.05. The molecule has 134 valence electrons. The first kappa shape index (κ1) is 17.6. The molecular weight excluding hydrogens is 330 g/mol. The summed E-state index contributed by atoms with van der Waals surface area (Å²) in [7, 11) is 0. The van der Waals surface area contributed by atoms with E-state index in [0.717, 1.165) is 16.8 Å². The van der Waals surface area contributed by atoms with Crippen molar-refractivity contribution in [2.75, 3.05) is 5.32 Å². The van der Waals surface area contributed by atoms with Gasteiger partial charge < -0.3 is 10.1 Å². The third kappa shape index (κ3) is 4.05. The lowest BCUT2D eigenvalue weighted by atomic mass is 10.1. The van der Waals surface area contributed by atoms with Gasteiger partial charge in [0.2, 0.25) is 0 Å². The molecule has 0 aliphatic rings. The second-order valence-electron chi connectivity index (χ2n) is 6.00. The Morgan fingerprint density at radius 3 is 2.85 bits per heavy atom. The maximum atomic E-state index is 12.6. The first-order valence-electron chi connectivity index (χ1n) is 8.43. The third-order valence-electron chi connectivity index (χ3n) is 4.01. The Hall–Kier alpha value is -3.22. The Balaban J connectivity index is 1.70. The van der Waals surface area contributed by atoms with Crippen LogP contribution in [0.4, 0.5) is 5.69 Å². The van der Waals surface area contributed by atoms with Crippen LogP contribution in [0.1, 0.15) is 34.2 Å². The fourth-order valence-corrected chi connectivity index (χ4v) is 2.51. The van der Waals surface area contributed by atoms with E-state index in [2.05, 4.69) is 20.8 Å². The van der Waals surface area contributed by atoms with Crippen LogP contribution in [0.5, 0.6) is 5.75 Å². The van der Waals surface area contributed by atoms with Gasteiger partial charge in [0.15, 0.2) is 5.82 Å². The molecule has 0 fully saturated rings. The number of hydrogen-bond donors (Lipinski definition) is 1. The molecule has 0 atom stereocenters. The van der Waals surface area contributed by atoms with Crippen LogP contribution >= 0.6 is 0 Å². The van der Waals surface area contributed by atoms with Crippen molar-refractivity contribution in [1.29, 1.82) is 0 Å². The SMILES string of the molecule is CCn1nnnc1COc1cccc(C(=O)Nc2cc(C)ccc2C)c1. The number of carbonyl (C=O) groups is 1. The second kappa shape index (κ2) is 7.77. The summed E-state index contributed by atoms with van der Waals surface area (Å²) in [6, 6.07) is 13.0. The van der Waals surface area contributed by atoms with E-state index in [1.807, 2.05) is 39.0 Å². The molecule has 1 heterocycles. The molecule has 0 aliphatic heterocycles. The molecule has 0 radical (unpaired) electrons. The van der Waals surface area contributed by atoms with E-state index in [1.165, 1.54) is 0 Å². The first-order valence-corrected chi connectivity index (χ1v) is 8.43. The molecule has 7 heteroatoms. The summed E-state index contributed by atoms with van der Waals surface area (Å²) in [4.78, 5) is 12.6. The van der Waals surface area contributed by atoms with Gasteiger partial charge in [0.1, 0.15) is 12.4 Å². The molecule has 2 aromatic carbocycles. The molecule has 0 spiro atoms. The number of amides is 1. The molecule has 0 saturated carbocycles. The van der Waals surface area contributed by atoms with Gasteiger partial charge in [-0.05, 0) is 66.6 Å². The van der Waals surface area contributed by atoms with Gasteiger partial charge in [-0.2, -0.15) is 0 Å². The van der Waals surface area contributed by atoms with Crippen LogP contribution in [0.2, 0.25) is 0 Å². The van der Waals surface area contributed by atoms with E-state index >= 15 is 0 Å². The lowest BCUT2D eigenvalue weighted by Crippen LogP contribution is -2.13. The van der Waals surface area contributed by atoms with Crippen molar-refractivity contribution < 1.29 is 9.53 Å². The van der Waals surface area contributed by atoms with Crippen molar-refractivity contribution in [3.8, 4) is 5.75 Å². The molecule has 26 heavy (non-hydrogen) atoms. The number of nitrogens with one attached hydrogen (secondary N) is 1. The van der Waals surface area contributed by atoms with Gasteiger partial charge in [0.05, 0.1) is 0 Å². The molecular formula is C19H21N5O2. The maximum absolute atomic E-state index is 12.6. The molecule has 3 aromatic rings. The monoisotopic (exact) mass is 351 g/mol. The van der Waals surface area contributed by atoms with Gasteiger partial charge in [0.25, 0.3) is 5.91 Å². The molecule has 0 unspecified atom stereocenters. The number of aryl methyl sites for hydroxylation is 3. The van der Waals surface area contributed by atoms with Gasteiger partial charge in [-0.3, -0.25) is 4.79 Å². The Bertz CT molecular complexity index is 920. The second-order valence-corrected chi connectivity index (χ2v) is 6.00. The average molecular weight is 351 g/mol. The predicted octanol–water partition coefficient (Wildman–Crippen LogP) is 3.14. The summed E-state index contributed by atoms with van der Waals surface area (Å²) in [5.41, 5.74) is 3.45. The van der Waals surface area contributed by atoms with Crippen LogP contribution < -0.4 is 10.1 Å². The highest BCUT2D eigenvalue weighted by Crippen LogP contribution is 2.19. The molecule has 0 aliphatic carbocycles. The number of anilines is 1. The van der Waals surface area contributed by atoms with Crippen molar-refractivity contribution >= 4 is 11.6 Å². The van der Waals surface area contributed by atoms with E-state index in [-0.39, 0.29) is 12.5 Å². The van der Waals surface area contributed by atoms with Gasteiger partial charge in [0, 0.05) is 17.8 Å². The van der Waals surface area contributed by atoms with Gasteiger partial charge in [-0.1, -0.05) is 18.2 Å². The number of tetrazole rings is 1. The molecule has 1 amide bonds. The largest absolute Gasteiger partial charge is 0.486 e. The van der Waals surface area contributed by atoms with Crippen molar-refractivity contribution in [1.82, 2.24) is 20.2 Å². The van der Waals surface area contributed by atoms with Gasteiger partial charge in [-0.25, -0.2) is 4.68 Å². The Morgan fingerprint density at radius 1 is 1.19 bits per heavy atom. The molecule has 7 nitrogen and oxygen atoms in total. The van der Waals surface area contributed by atoms with Gasteiger partial charge >= 0.3 is 0 Å². The van der Waals surface area contributed by atoms with Crippen molar-refractivity contribution in [3.63, 3.8) is 0 Å². The number of hydrogen-bond acceptors (Lipinski definition) is 5. The molecule has 0 saturated heterocycles. The van der Waals surface area contributed by atoms with Crippen LogP contribution in [0.25, 0.3) is 0 Å². The summed E-state index contributed by atoms with van der Waals surface area (Å²) in [5, 5.41) is 14.4. The molecule has 1 aromatic heterocycles. The standard InChI is InChI=1S/C19H21N5O2/c1-4-24-18(21-22-23-24)12-26-16-7-5-6-15(11-16)19(25)20-17-10-13(2)8-9-14(17)3/h5-11H,4,12H2,1-3H3,(H,20,25). The van der Waals surface area contributed by atoms with E-state index in [1.54, 1.807) is 28.9 Å². The van der Waals surface area contributed by atoms with Crippen molar-refractivity contribution in [3.05, 3.63) is 65.0 Å². The number of rotatable bonds is 6. The van der Waals surface area contributed by atoms with Crippen LogP contribution in [-0.4, -0.2) is 26.1 Å². The quantitative estimate of drug-likeness (QED) is 0.738. The smallest absolute Gasteiger partial charge is 0.255 e. The zero-order valence-corrected chi connectivity index (χ0v) is 15.1. The summed E-state index contributed by atoms with van der Waals surface area (Å²) in [6.07, 6.45) is 0. The Kier molecular flexibility index (Phi) is 5.26. The summed E-state index contributed by atoms with van der Waals surface area (Å²) >= 11 is 0. The predicted molar refractivity (Wildman–Crippen MR) is 98.1 cm³/mol. The summed E-state index contributed by atoms with van der Waals surface area (Å²) in [6.45, 7) is 6.82. The highest BCUT2D eigenvalue weighted by molar-refractivity contribution is 6.04. The van der Waals surface area contributed by atoms with E-state index in [0.29, 0.717) is 23.7 Å². The summed E-state index contributed by atoms with van der Waals surface area (Å²) < 4.78 is 7.40. The number of ether oxygens (including phenoxy) is 1. The maximum Gasteiger partial charge on any atom is 0.255 e. The third-order valence-corrected chi connectivity index (χ3v) is 4.01. The van der Waals surface area contributed by atoms with Crippen LogP contribution in [0.3, 0.4) is 0 Å². The Morgan fingerprint density at radius 2 is 2.04 bits per heavy atom. The Labute approximate surface area is 152 Å². The minimum Gasteiger partial charge on any atom is -0.486 e. The van der Waals surface area contributed by atoms with Crippen LogP contribution in [0, 0.1) is 13.8 Å². The minimum absolute atomic E-state index is 0.178. The molecule has 3 rings (SSSR count). The molecule has 1 N–H and O–H groups in total. The fourth-order valence-electron chi connectivity index (χ4n) is 2.51. The highest BCUT2D eigenvalue weighted by Gasteiger charge is 2.10. The molecule has 0 bridgehead atoms. The zero-order valence-electron chi connectivity index (χ0n) is 15.1. The van der Waals surface area contributed by atoms with Gasteiger partial charge in [-0.15, -0.1) is 5.10 Å². The van der Waals surface area contributed by atoms with Crippen LogP contribution in [0.15, 0.2) is 42.5 Å². The van der Waals surface area contributed by atoms with E-state index < -0.39 is 0 Å².